The van der Waals surface area contributed by atoms with Crippen molar-refractivity contribution in [1.29, 1.82) is 0 Å². The molecule has 0 saturated carbocycles. The second-order valence-corrected chi connectivity index (χ2v) is 4.99. The summed E-state index contributed by atoms with van der Waals surface area (Å²) >= 11 is 0. The number of fused-ring (bicyclic) bond motifs is 2. The summed E-state index contributed by atoms with van der Waals surface area (Å²) in [5.74, 6) is 0. The van der Waals surface area contributed by atoms with Crippen molar-refractivity contribution in [3.05, 3.63) is 48.5 Å². The number of nitrogens with zero attached hydrogens (tertiary/aromatic N) is 6. The molecule has 3 heterocycles. The van der Waals surface area contributed by atoms with E-state index in [9.17, 15) is 0 Å². The highest BCUT2D eigenvalue weighted by molar-refractivity contribution is 5.74. The van der Waals surface area contributed by atoms with Gasteiger partial charge in [0.15, 0.2) is 0 Å². The second-order valence-electron chi connectivity index (χ2n) is 4.99. The Bertz CT molecular complexity index is 916. The van der Waals surface area contributed by atoms with E-state index in [1.807, 2.05) is 48.5 Å². The molecule has 1 fully saturated rings. The Kier molecular flexibility index (Phi) is 2.50. The summed E-state index contributed by atoms with van der Waals surface area (Å²) in [5.41, 5.74) is 3.00. The fourth-order valence-corrected chi connectivity index (χ4v) is 2.28. The van der Waals surface area contributed by atoms with Crippen molar-refractivity contribution in [2.75, 3.05) is 0 Å². The van der Waals surface area contributed by atoms with Crippen LogP contribution in [0.15, 0.2) is 48.5 Å². The van der Waals surface area contributed by atoms with Crippen LogP contribution in [0.1, 0.15) is 0 Å². The Morgan fingerprint density at radius 3 is 1.74 bits per heavy atom. The van der Waals surface area contributed by atoms with Gasteiger partial charge in [-0.05, 0) is 34.7 Å². The van der Waals surface area contributed by atoms with E-state index >= 15 is 0 Å². The molecule has 0 radical (unpaired) electrons. The number of ether oxygens (including phenoxy) is 1. The molecule has 0 amide bonds. The fraction of sp³-hybridized carbons (Fsp3) is 0.143. The predicted octanol–water partition coefficient (Wildman–Crippen LogP) is 0.416. The van der Waals surface area contributed by atoms with Crippen molar-refractivity contribution in [2.24, 2.45) is 0 Å². The number of rotatable bonds is 4. The first-order valence-corrected chi connectivity index (χ1v) is 6.99. The maximum absolute atomic E-state index is 5.59. The third-order valence-electron chi connectivity index (χ3n) is 3.46. The highest BCUT2D eigenvalue weighted by atomic mass is 16.9. The minimum Gasteiger partial charge on any atom is -0.355 e. The van der Waals surface area contributed by atoms with Crippen molar-refractivity contribution in [1.82, 2.24) is 30.3 Å². The van der Waals surface area contributed by atoms with Gasteiger partial charge < -0.3 is 9.68 Å². The van der Waals surface area contributed by atoms with E-state index in [-0.39, 0.29) is 0 Å². The van der Waals surface area contributed by atoms with E-state index in [2.05, 4.69) is 20.6 Å². The molecule has 2 atom stereocenters. The van der Waals surface area contributed by atoms with E-state index in [1.165, 1.54) is 9.69 Å². The van der Waals surface area contributed by atoms with Crippen LogP contribution in [0.5, 0.6) is 0 Å². The molecule has 2 aromatic carbocycles. The van der Waals surface area contributed by atoms with Gasteiger partial charge in [-0.3, -0.25) is 4.74 Å². The molecule has 1 aliphatic heterocycles. The first kappa shape index (κ1) is 12.4. The summed E-state index contributed by atoms with van der Waals surface area (Å²) in [6, 6.07) is 15.0. The molecular weight excluding hydrogens is 300 g/mol. The minimum absolute atomic E-state index is 0.580. The van der Waals surface area contributed by atoms with Crippen molar-refractivity contribution in [3.63, 3.8) is 0 Å². The summed E-state index contributed by atoms with van der Waals surface area (Å²) in [5, 5.41) is 15.9. The second kappa shape index (κ2) is 4.65. The molecule has 0 N–H and O–H groups in total. The standard InChI is InChI=1S/C14H10N6O3/c1-3-7-11-9(5-1)15-17-19(11)22-13-14(21-13)23-20-12-8-4-2-6-10(12)16-18-20/h1-8,13-14H. The molecule has 2 aromatic heterocycles. The maximum Gasteiger partial charge on any atom is 0.295 e. The van der Waals surface area contributed by atoms with Gasteiger partial charge in [-0.1, -0.05) is 34.0 Å². The summed E-state index contributed by atoms with van der Waals surface area (Å²) in [7, 11) is 0. The van der Waals surface area contributed by atoms with Crippen molar-refractivity contribution in [3.8, 4) is 0 Å². The topological polar surface area (TPSA) is 92.4 Å². The van der Waals surface area contributed by atoms with E-state index < -0.39 is 12.6 Å². The molecule has 0 aliphatic carbocycles. The van der Waals surface area contributed by atoms with Crippen LogP contribution in [-0.4, -0.2) is 42.9 Å². The molecule has 0 spiro atoms. The molecule has 1 saturated heterocycles. The molecule has 23 heavy (non-hydrogen) atoms. The SMILES string of the molecule is c1ccc2c(c1)nnn2OC1OC1On1nnc2ccccc21. The third kappa shape index (κ3) is 2.06. The number of hydrogen-bond acceptors (Lipinski definition) is 7. The summed E-state index contributed by atoms with van der Waals surface area (Å²) < 4.78 is 5.34. The van der Waals surface area contributed by atoms with Crippen LogP contribution in [0.4, 0.5) is 0 Å². The van der Waals surface area contributed by atoms with Crippen molar-refractivity contribution >= 4 is 22.1 Å². The van der Waals surface area contributed by atoms with Gasteiger partial charge in [0, 0.05) is 0 Å². The first-order valence-electron chi connectivity index (χ1n) is 6.99. The van der Waals surface area contributed by atoms with Crippen molar-refractivity contribution < 1.29 is 14.4 Å². The van der Waals surface area contributed by atoms with Crippen LogP contribution in [0, 0.1) is 0 Å². The van der Waals surface area contributed by atoms with Gasteiger partial charge in [0.05, 0.1) is 0 Å². The molecule has 5 rings (SSSR count). The lowest BCUT2D eigenvalue weighted by Gasteiger charge is -2.02. The summed E-state index contributed by atoms with van der Waals surface area (Å²) in [4.78, 5) is 13.8. The highest BCUT2D eigenvalue weighted by Gasteiger charge is 2.47. The van der Waals surface area contributed by atoms with E-state index in [4.69, 9.17) is 14.4 Å². The molecule has 4 aromatic rings. The minimum atomic E-state index is -0.580. The maximum atomic E-state index is 5.59. The number of hydrogen-bond donors (Lipinski definition) is 0. The zero-order valence-electron chi connectivity index (χ0n) is 11.7. The average Bonchev–Trinajstić information content (AvgIpc) is 3.00. The Labute approximate surface area is 128 Å². The van der Waals surface area contributed by atoms with Gasteiger partial charge >= 0.3 is 0 Å². The number of benzene rings is 2. The Morgan fingerprint density at radius 1 is 0.739 bits per heavy atom. The van der Waals surface area contributed by atoms with Gasteiger partial charge in [-0.2, -0.15) is 0 Å². The van der Waals surface area contributed by atoms with Crippen LogP contribution < -0.4 is 9.68 Å². The quantitative estimate of drug-likeness (QED) is 0.504. The molecule has 1 aliphatic rings. The number of aromatic nitrogens is 6. The van der Waals surface area contributed by atoms with Crippen LogP contribution in [0.3, 0.4) is 0 Å². The average molecular weight is 310 g/mol. The third-order valence-corrected chi connectivity index (χ3v) is 3.46. The van der Waals surface area contributed by atoms with E-state index in [1.54, 1.807) is 0 Å². The fourth-order valence-electron chi connectivity index (χ4n) is 2.28. The number of para-hydroxylation sites is 2. The zero-order chi connectivity index (χ0) is 15.2. The summed E-state index contributed by atoms with van der Waals surface area (Å²) in [6.45, 7) is 0. The highest BCUT2D eigenvalue weighted by Crippen LogP contribution is 2.22. The van der Waals surface area contributed by atoms with Crippen LogP contribution >= 0.6 is 0 Å². The largest absolute Gasteiger partial charge is 0.355 e. The van der Waals surface area contributed by atoms with Gasteiger partial charge in [-0.15, -0.1) is 10.2 Å². The molecule has 9 heteroatoms. The molecule has 2 unspecified atom stereocenters. The first-order chi connectivity index (χ1) is 11.4. The molecule has 114 valence electrons. The van der Waals surface area contributed by atoms with Crippen LogP contribution in [-0.2, 0) is 4.74 Å². The molecular formula is C14H10N6O3. The van der Waals surface area contributed by atoms with Gasteiger partial charge in [0.1, 0.15) is 22.1 Å². The predicted molar refractivity (Wildman–Crippen MR) is 76.9 cm³/mol. The monoisotopic (exact) mass is 310 g/mol. The molecule has 0 bridgehead atoms. The number of epoxide rings is 1. The molecule has 9 nitrogen and oxygen atoms in total. The van der Waals surface area contributed by atoms with Gasteiger partial charge in [0.25, 0.3) is 12.6 Å². The zero-order valence-corrected chi connectivity index (χ0v) is 11.7. The smallest absolute Gasteiger partial charge is 0.295 e. The Morgan fingerprint density at radius 2 is 1.22 bits per heavy atom. The van der Waals surface area contributed by atoms with Crippen LogP contribution in [0.2, 0.25) is 0 Å². The summed E-state index contributed by atoms with van der Waals surface area (Å²) in [6.07, 6.45) is -1.16. The van der Waals surface area contributed by atoms with Crippen molar-refractivity contribution in [2.45, 2.75) is 12.6 Å². The Hall–Kier alpha value is -3.20. The lowest BCUT2D eigenvalue weighted by Crippen LogP contribution is -2.24. The van der Waals surface area contributed by atoms with Gasteiger partial charge in [0.2, 0.25) is 0 Å². The Balaban J connectivity index is 1.32. The van der Waals surface area contributed by atoms with Crippen LogP contribution in [0.25, 0.3) is 22.1 Å². The lowest BCUT2D eigenvalue weighted by atomic mass is 10.3. The lowest BCUT2D eigenvalue weighted by molar-refractivity contribution is 0.00776. The van der Waals surface area contributed by atoms with E-state index in [0.717, 1.165) is 22.1 Å². The van der Waals surface area contributed by atoms with Gasteiger partial charge in [-0.25, -0.2) is 0 Å². The van der Waals surface area contributed by atoms with E-state index in [0.29, 0.717) is 0 Å². The normalized spacial score (nSPS) is 20.0.